The number of aldehydes is 1. The third-order valence-electron chi connectivity index (χ3n) is 2.88. The number of carbonyl (C=O) groups excluding carboxylic acids is 1. The molecule has 1 aromatic carbocycles. The van der Waals surface area contributed by atoms with Crippen molar-refractivity contribution < 1.29 is 9.18 Å². The molecule has 0 fully saturated rings. The van der Waals surface area contributed by atoms with Gasteiger partial charge in [0.25, 0.3) is 0 Å². The van der Waals surface area contributed by atoms with E-state index in [9.17, 15) is 9.18 Å². The Morgan fingerprint density at radius 2 is 2.00 bits per heavy atom. The van der Waals surface area contributed by atoms with Crippen molar-refractivity contribution in [1.29, 1.82) is 0 Å². The Hall–Kier alpha value is -1.42. The average molecular weight is 252 g/mol. The van der Waals surface area contributed by atoms with E-state index < -0.39 is 0 Å². The summed E-state index contributed by atoms with van der Waals surface area (Å²) in [5.41, 5.74) is 0.843. The van der Waals surface area contributed by atoms with Crippen molar-refractivity contribution in [3.05, 3.63) is 29.6 Å². The second-order valence-corrected chi connectivity index (χ2v) is 4.53. The lowest BCUT2D eigenvalue weighted by Gasteiger charge is -2.25. The number of anilines is 1. The summed E-state index contributed by atoms with van der Waals surface area (Å²) in [6.45, 7) is 4.35. The Balaban J connectivity index is 2.84. The summed E-state index contributed by atoms with van der Waals surface area (Å²) < 4.78 is 13.8. The Kier molecular flexibility index (Phi) is 5.78. The van der Waals surface area contributed by atoms with Crippen LogP contribution in [0.5, 0.6) is 0 Å². The second-order valence-electron chi connectivity index (χ2n) is 4.53. The molecule has 100 valence electrons. The third kappa shape index (κ3) is 3.81. The van der Waals surface area contributed by atoms with Gasteiger partial charge in [-0.15, -0.1) is 0 Å². The van der Waals surface area contributed by atoms with Gasteiger partial charge in [0.15, 0.2) is 6.29 Å². The van der Waals surface area contributed by atoms with E-state index >= 15 is 0 Å². The van der Waals surface area contributed by atoms with Crippen LogP contribution >= 0.6 is 0 Å². The monoisotopic (exact) mass is 252 g/mol. The van der Waals surface area contributed by atoms with E-state index in [1.54, 1.807) is 12.1 Å². The van der Waals surface area contributed by atoms with Crippen LogP contribution in [0.2, 0.25) is 0 Å². The fourth-order valence-electron chi connectivity index (χ4n) is 1.97. The molecule has 0 aliphatic rings. The first-order chi connectivity index (χ1) is 8.60. The van der Waals surface area contributed by atoms with Crippen molar-refractivity contribution in [2.24, 2.45) is 0 Å². The molecule has 0 spiro atoms. The lowest BCUT2D eigenvalue weighted by molar-refractivity contribution is 0.112. The maximum absolute atomic E-state index is 13.8. The van der Waals surface area contributed by atoms with Crippen LogP contribution in [0.15, 0.2) is 18.2 Å². The van der Waals surface area contributed by atoms with Crippen LogP contribution in [-0.2, 0) is 0 Å². The van der Waals surface area contributed by atoms with Gasteiger partial charge in [0.2, 0.25) is 0 Å². The molecule has 1 rings (SSSR count). The number of para-hydroxylation sites is 1. The largest absolute Gasteiger partial charge is 0.369 e. The normalized spacial score (nSPS) is 10.7. The molecule has 4 heteroatoms. The van der Waals surface area contributed by atoms with Gasteiger partial charge in [-0.25, -0.2) is 4.39 Å². The van der Waals surface area contributed by atoms with Gasteiger partial charge in [0.1, 0.15) is 5.82 Å². The fraction of sp³-hybridized carbons (Fsp3) is 0.500. The summed E-state index contributed by atoms with van der Waals surface area (Å²) in [5, 5.41) is 0. The molecular weight excluding hydrogens is 231 g/mol. The van der Waals surface area contributed by atoms with E-state index in [0.29, 0.717) is 24.1 Å². The van der Waals surface area contributed by atoms with Gasteiger partial charge in [-0.1, -0.05) is 6.07 Å². The number of nitrogens with zero attached hydrogens (tertiary/aromatic N) is 2. The number of carbonyl (C=O) groups is 1. The predicted octanol–water partition coefficient (Wildman–Crippen LogP) is 2.42. The van der Waals surface area contributed by atoms with Crippen LogP contribution in [-0.4, -0.2) is 44.9 Å². The minimum absolute atomic E-state index is 0.327. The van der Waals surface area contributed by atoms with E-state index in [4.69, 9.17) is 0 Å². The van der Waals surface area contributed by atoms with Crippen LogP contribution in [0.4, 0.5) is 10.1 Å². The average Bonchev–Trinajstić information content (AvgIpc) is 2.34. The molecule has 0 aromatic heterocycles. The molecule has 0 aliphatic heterocycles. The van der Waals surface area contributed by atoms with Crippen LogP contribution in [0, 0.1) is 5.82 Å². The van der Waals surface area contributed by atoms with Gasteiger partial charge in [-0.2, -0.15) is 0 Å². The van der Waals surface area contributed by atoms with Gasteiger partial charge < -0.3 is 9.80 Å². The molecule has 0 atom stereocenters. The van der Waals surface area contributed by atoms with E-state index in [0.717, 1.165) is 19.5 Å². The van der Waals surface area contributed by atoms with Crippen LogP contribution in [0.25, 0.3) is 0 Å². The molecule has 0 aliphatic carbocycles. The highest BCUT2D eigenvalue weighted by Gasteiger charge is 2.14. The zero-order chi connectivity index (χ0) is 13.5. The Morgan fingerprint density at radius 1 is 1.28 bits per heavy atom. The molecule has 1 aromatic rings. The number of hydrogen-bond donors (Lipinski definition) is 0. The minimum Gasteiger partial charge on any atom is -0.369 e. The van der Waals surface area contributed by atoms with Gasteiger partial charge in [-0.3, -0.25) is 4.79 Å². The first-order valence-electron chi connectivity index (χ1n) is 6.23. The Bertz CT molecular complexity index is 393. The fourth-order valence-corrected chi connectivity index (χ4v) is 1.97. The topological polar surface area (TPSA) is 23.6 Å². The van der Waals surface area contributed by atoms with Gasteiger partial charge >= 0.3 is 0 Å². The predicted molar refractivity (Wildman–Crippen MR) is 72.8 cm³/mol. The Labute approximate surface area is 108 Å². The number of benzene rings is 1. The van der Waals surface area contributed by atoms with Crippen LogP contribution in [0.1, 0.15) is 23.7 Å². The maximum atomic E-state index is 13.8. The molecule has 0 amide bonds. The molecule has 0 unspecified atom stereocenters. The standard InChI is InChI=1S/C14H21FN2O/c1-4-17(10-6-9-16(2)3)14-12(11-18)7-5-8-13(14)15/h5,7-8,11H,4,6,9-10H2,1-3H3. The summed E-state index contributed by atoms with van der Waals surface area (Å²) in [5.74, 6) is -0.327. The molecule has 0 saturated carbocycles. The van der Waals surface area contributed by atoms with Crippen molar-refractivity contribution in [3.8, 4) is 0 Å². The highest BCUT2D eigenvalue weighted by atomic mass is 19.1. The van der Waals surface area contributed by atoms with Crippen molar-refractivity contribution >= 4 is 12.0 Å². The molecule has 3 nitrogen and oxygen atoms in total. The summed E-state index contributed by atoms with van der Waals surface area (Å²) in [6, 6.07) is 4.62. The maximum Gasteiger partial charge on any atom is 0.152 e. The smallest absolute Gasteiger partial charge is 0.152 e. The summed E-state index contributed by atoms with van der Waals surface area (Å²) >= 11 is 0. The van der Waals surface area contributed by atoms with Gasteiger partial charge in [-0.05, 0) is 46.1 Å². The first-order valence-corrected chi connectivity index (χ1v) is 6.23. The van der Waals surface area contributed by atoms with Crippen LogP contribution in [0.3, 0.4) is 0 Å². The zero-order valence-electron chi connectivity index (χ0n) is 11.3. The van der Waals surface area contributed by atoms with E-state index in [1.807, 2.05) is 25.9 Å². The van der Waals surface area contributed by atoms with Gasteiger partial charge in [0.05, 0.1) is 5.69 Å². The van der Waals surface area contributed by atoms with E-state index in [1.165, 1.54) is 6.07 Å². The molecule has 0 heterocycles. The highest BCUT2D eigenvalue weighted by molar-refractivity contribution is 5.84. The quantitative estimate of drug-likeness (QED) is 0.696. The number of rotatable bonds is 7. The van der Waals surface area contributed by atoms with Crippen LogP contribution < -0.4 is 4.90 Å². The van der Waals surface area contributed by atoms with Gasteiger partial charge in [0, 0.05) is 18.7 Å². The SMILES string of the molecule is CCN(CCCN(C)C)c1c(F)cccc1C=O. The Morgan fingerprint density at radius 3 is 2.56 bits per heavy atom. The lowest BCUT2D eigenvalue weighted by Crippen LogP contribution is -2.28. The third-order valence-corrected chi connectivity index (χ3v) is 2.88. The molecular formula is C14H21FN2O. The van der Waals surface area contributed by atoms with Crippen molar-refractivity contribution in [3.63, 3.8) is 0 Å². The summed E-state index contributed by atoms with van der Waals surface area (Å²) in [6.07, 6.45) is 1.65. The molecule has 18 heavy (non-hydrogen) atoms. The van der Waals surface area contributed by atoms with E-state index in [-0.39, 0.29) is 5.82 Å². The molecule has 0 N–H and O–H groups in total. The first kappa shape index (κ1) is 14.6. The highest BCUT2D eigenvalue weighted by Crippen LogP contribution is 2.23. The second kappa shape index (κ2) is 7.11. The summed E-state index contributed by atoms with van der Waals surface area (Å²) in [4.78, 5) is 15.0. The van der Waals surface area contributed by atoms with Crippen molar-refractivity contribution in [2.75, 3.05) is 38.6 Å². The van der Waals surface area contributed by atoms with Crippen molar-refractivity contribution in [2.45, 2.75) is 13.3 Å². The number of hydrogen-bond acceptors (Lipinski definition) is 3. The zero-order valence-corrected chi connectivity index (χ0v) is 11.3. The number of halogens is 1. The van der Waals surface area contributed by atoms with Crippen molar-refractivity contribution in [1.82, 2.24) is 4.90 Å². The van der Waals surface area contributed by atoms with E-state index in [2.05, 4.69) is 4.90 Å². The molecule has 0 bridgehead atoms. The summed E-state index contributed by atoms with van der Waals surface area (Å²) in [7, 11) is 4.02. The molecule has 0 saturated heterocycles. The lowest BCUT2D eigenvalue weighted by atomic mass is 10.1. The molecule has 0 radical (unpaired) electrons. The minimum atomic E-state index is -0.327.